The zero-order chi connectivity index (χ0) is 24.4. The van der Waals surface area contributed by atoms with E-state index in [1.54, 1.807) is 0 Å². The van der Waals surface area contributed by atoms with Crippen LogP contribution < -0.4 is 10.1 Å². The van der Waals surface area contributed by atoms with E-state index in [0.717, 1.165) is 70.5 Å². The van der Waals surface area contributed by atoms with Crippen molar-refractivity contribution in [1.82, 2.24) is 10.2 Å². The Kier molecular flexibility index (Phi) is 7.06. The van der Waals surface area contributed by atoms with Gasteiger partial charge in [0, 0.05) is 6.54 Å². The van der Waals surface area contributed by atoms with E-state index >= 15 is 0 Å². The molecule has 1 aliphatic carbocycles. The SMILES string of the molecule is CCCOc1ccc(-c2ccc3c(c2)CC(CC)(CC)C3NC(=O)O[C@H]2CN3CCC2CC3)cc1. The van der Waals surface area contributed by atoms with Gasteiger partial charge >= 0.3 is 6.09 Å². The van der Waals surface area contributed by atoms with E-state index in [9.17, 15) is 4.79 Å². The van der Waals surface area contributed by atoms with Crippen molar-refractivity contribution in [1.29, 1.82) is 0 Å². The van der Waals surface area contributed by atoms with Gasteiger partial charge in [-0.05, 0) is 97.3 Å². The number of carbonyl (C=O) groups excluding carboxylic acids is 1. The second-order valence-electron chi connectivity index (χ2n) is 10.7. The Labute approximate surface area is 210 Å². The molecule has 2 atom stereocenters. The number of fused-ring (bicyclic) bond motifs is 4. The highest BCUT2D eigenvalue weighted by Gasteiger charge is 2.45. The minimum Gasteiger partial charge on any atom is -0.494 e. The number of piperidine rings is 3. The fourth-order valence-electron chi connectivity index (χ4n) is 6.47. The maximum atomic E-state index is 13.1. The summed E-state index contributed by atoms with van der Waals surface area (Å²) in [4.78, 5) is 15.5. The standard InChI is InChI=1S/C30H40N2O3/c1-4-17-34-25-10-7-21(8-11-25)23-9-12-26-24(18-23)19-30(5-2,6-3)28(26)31-29(33)35-27-20-32-15-13-22(27)14-16-32/h7-12,18,22,27-28H,4-6,13-17,19-20H2,1-3H3,(H,31,33)/t27-,28?/m0/s1. The quantitative estimate of drug-likeness (QED) is 0.481. The van der Waals surface area contributed by atoms with Gasteiger partial charge in [0.1, 0.15) is 11.9 Å². The van der Waals surface area contributed by atoms with Gasteiger partial charge in [0.25, 0.3) is 0 Å². The van der Waals surface area contributed by atoms with Gasteiger partial charge in [-0.25, -0.2) is 4.79 Å². The average Bonchev–Trinajstić information content (AvgIpc) is 3.21. The molecule has 1 amide bonds. The normalized spacial score (nSPS) is 26.3. The lowest BCUT2D eigenvalue weighted by atomic mass is 9.76. The molecule has 3 saturated heterocycles. The molecular weight excluding hydrogens is 436 g/mol. The van der Waals surface area contributed by atoms with Crippen LogP contribution in [0.2, 0.25) is 0 Å². The van der Waals surface area contributed by atoms with Crippen molar-refractivity contribution in [3.63, 3.8) is 0 Å². The number of rotatable bonds is 8. The summed E-state index contributed by atoms with van der Waals surface area (Å²) in [5.41, 5.74) is 5.00. The molecule has 5 heteroatoms. The maximum absolute atomic E-state index is 13.1. The molecule has 5 nitrogen and oxygen atoms in total. The highest BCUT2D eigenvalue weighted by molar-refractivity contribution is 5.70. The molecule has 188 valence electrons. The van der Waals surface area contributed by atoms with Gasteiger partial charge in [0.05, 0.1) is 12.6 Å². The minimum absolute atomic E-state index is 0.0139. The van der Waals surface area contributed by atoms with Crippen molar-refractivity contribution < 1.29 is 14.3 Å². The van der Waals surface area contributed by atoms with Crippen molar-refractivity contribution in [2.75, 3.05) is 26.2 Å². The van der Waals surface area contributed by atoms with E-state index < -0.39 is 0 Å². The van der Waals surface area contributed by atoms with E-state index in [1.165, 1.54) is 22.3 Å². The molecule has 0 spiro atoms. The molecule has 0 aromatic heterocycles. The molecule has 35 heavy (non-hydrogen) atoms. The molecule has 4 aliphatic rings. The first-order chi connectivity index (χ1) is 17.0. The summed E-state index contributed by atoms with van der Waals surface area (Å²) in [5.74, 6) is 1.43. The first kappa shape index (κ1) is 24.2. The number of benzene rings is 2. The predicted octanol–water partition coefficient (Wildman–Crippen LogP) is 6.37. The predicted molar refractivity (Wildman–Crippen MR) is 140 cm³/mol. The van der Waals surface area contributed by atoms with Crippen molar-refractivity contribution in [3.8, 4) is 16.9 Å². The van der Waals surface area contributed by atoms with Crippen LogP contribution in [-0.2, 0) is 11.2 Å². The molecule has 1 unspecified atom stereocenters. The maximum Gasteiger partial charge on any atom is 0.407 e. The third-order valence-electron chi connectivity index (χ3n) is 8.79. The van der Waals surface area contributed by atoms with E-state index in [-0.39, 0.29) is 23.7 Å². The first-order valence-electron chi connectivity index (χ1n) is 13.6. The molecule has 0 radical (unpaired) electrons. The zero-order valence-corrected chi connectivity index (χ0v) is 21.5. The lowest BCUT2D eigenvalue weighted by Gasteiger charge is -2.44. The fraction of sp³-hybridized carbons (Fsp3) is 0.567. The van der Waals surface area contributed by atoms with Gasteiger partial charge in [-0.1, -0.05) is 51.1 Å². The Morgan fingerprint density at radius 2 is 1.74 bits per heavy atom. The van der Waals surface area contributed by atoms with Crippen molar-refractivity contribution >= 4 is 6.09 Å². The molecule has 3 heterocycles. The summed E-state index contributed by atoms with van der Waals surface area (Å²) >= 11 is 0. The van der Waals surface area contributed by atoms with Crippen LogP contribution in [0, 0.1) is 11.3 Å². The Bertz CT molecular complexity index is 1020. The highest BCUT2D eigenvalue weighted by atomic mass is 16.6. The van der Waals surface area contributed by atoms with E-state index in [1.807, 2.05) is 0 Å². The molecule has 0 saturated carbocycles. The Morgan fingerprint density at radius 3 is 2.37 bits per heavy atom. The zero-order valence-electron chi connectivity index (χ0n) is 21.5. The summed E-state index contributed by atoms with van der Waals surface area (Å²) in [7, 11) is 0. The number of hydrogen-bond acceptors (Lipinski definition) is 4. The second-order valence-corrected chi connectivity index (χ2v) is 10.7. The van der Waals surface area contributed by atoms with Crippen LogP contribution in [0.4, 0.5) is 4.79 Å². The largest absolute Gasteiger partial charge is 0.494 e. The number of ether oxygens (including phenoxy) is 2. The summed E-state index contributed by atoms with van der Waals surface area (Å²) < 4.78 is 11.8. The summed E-state index contributed by atoms with van der Waals surface area (Å²) in [5, 5.41) is 3.32. The van der Waals surface area contributed by atoms with Crippen LogP contribution >= 0.6 is 0 Å². The number of hydrogen-bond donors (Lipinski definition) is 1. The summed E-state index contributed by atoms with van der Waals surface area (Å²) in [6.07, 6.45) is 6.09. The van der Waals surface area contributed by atoms with E-state index in [2.05, 4.69) is 73.5 Å². The van der Waals surface area contributed by atoms with Crippen molar-refractivity contribution in [2.45, 2.75) is 71.4 Å². The average molecular weight is 477 g/mol. The van der Waals surface area contributed by atoms with Crippen LogP contribution in [0.1, 0.15) is 70.0 Å². The number of alkyl carbamates (subject to hydrolysis) is 1. The molecular formula is C30H40N2O3. The molecule has 3 fully saturated rings. The van der Waals surface area contributed by atoms with E-state index in [0.29, 0.717) is 5.92 Å². The molecule has 2 aromatic carbocycles. The first-order valence-corrected chi connectivity index (χ1v) is 13.6. The van der Waals surface area contributed by atoms with Crippen LogP contribution in [0.5, 0.6) is 5.75 Å². The Hall–Kier alpha value is -2.53. The smallest absolute Gasteiger partial charge is 0.407 e. The minimum atomic E-state index is -0.250. The Balaban J connectivity index is 1.33. The second kappa shape index (κ2) is 10.2. The monoisotopic (exact) mass is 476 g/mol. The van der Waals surface area contributed by atoms with Gasteiger partial charge in [0.15, 0.2) is 0 Å². The molecule has 1 N–H and O–H groups in total. The van der Waals surface area contributed by atoms with Gasteiger partial charge < -0.3 is 14.8 Å². The van der Waals surface area contributed by atoms with Crippen LogP contribution in [0.25, 0.3) is 11.1 Å². The topological polar surface area (TPSA) is 50.8 Å². The Morgan fingerprint density at radius 1 is 1.03 bits per heavy atom. The number of amides is 1. The molecule has 2 aromatic rings. The van der Waals surface area contributed by atoms with E-state index in [4.69, 9.17) is 9.47 Å². The third-order valence-corrected chi connectivity index (χ3v) is 8.79. The highest BCUT2D eigenvalue weighted by Crippen LogP contribution is 2.51. The van der Waals surface area contributed by atoms with Gasteiger partial charge in [0.2, 0.25) is 0 Å². The number of nitrogens with one attached hydrogen (secondary N) is 1. The molecule has 2 bridgehead atoms. The van der Waals surface area contributed by atoms with Gasteiger partial charge in [-0.2, -0.15) is 0 Å². The van der Waals surface area contributed by atoms with Crippen LogP contribution in [-0.4, -0.2) is 43.3 Å². The van der Waals surface area contributed by atoms with Gasteiger partial charge in [-0.3, -0.25) is 4.90 Å². The van der Waals surface area contributed by atoms with Crippen LogP contribution in [0.15, 0.2) is 42.5 Å². The van der Waals surface area contributed by atoms with Crippen molar-refractivity contribution in [2.24, 2.45) is 11.3 Å². The molecule has 3 aliphatic heterocycles. The fourth-order valence-corrected chi connectivity index (χ4v) is 6.47. The molecule has 6 rings (SSSR count). The lowest BCUT2D eigenvalue weighted by molar-refractivity contribution is -0.0353. The van der Waals surface area contributed by atoms with Gasteiger partial charge in [-0.15, -0.1) is 0 Å². The lowest BCUT2D eigenvalue weighted by Crippen LogP contribution is -2.53. The number of carbonyl (C=O) groups is 1. The summed E-state index contributed by atoms with van der Waals surface area (Å²) in [6.45, 7) is 10.5. The number of nitrogens with zero attached hydrogens (tertiary/aromatic N) is 1. The third kappa shape index (κ3) is 4.80. The summed E-state index contributed by atoms with van der Waals surface area (Å²) in [6, 6.07) is 15.1. The van der Waals surface area contributed by atoms with Crippen LogP contribution in [0.3, 0.4) is 0 Å². The van der Waals surface area contributed by atoms with Crippen molar-refractivity contribution in [3.05, 3.63) is 53.6 Å².